The van der Waals surface area contributed by atoms with Gasteiger partial charge in [0.2, 0.25) is 0 Å². The Morgan fingerprint density at radius 3 is 2.62 bits per heavy atom. The number of ether oxygens (including phenoxy) is 1. The van der Waals surface area contributed by atoms with Crippen LogP contribution in [0.3, 0.4) is 0 Å². The predicted molar refractivity (Wildman–Crippen MR) is 95.8 cm³/mol. The van der Waals surface area contributed by atoms with Crippen LogP contribution in [0.15, 0.2) is 35.2 Å². The molecule has 0 radical (unpaired) electrons. The second-order valence-electron chi connectivity index (χ2n) is 5.20. The topological polar surface area (TPSA) is 49.9 Å². The van der Waals surface area contributed by atoms with E-state index in [1.165, 1.54) is 16.7 Å². The number of thiocarbonyl (C=S) groups is 1. The molecule has 2 rings (SSSR count). The molecule has 1 aliphatic rings. The van der Waals surface area contributed by atoms with Gasteiger partial charge < -0.3 is 22.0 Å². The summed E-state index contributed by atoms with van der Waals surface area (Å²) >= 11 is 6.39. The highest BCUT2D eigenvalue weighted by Crippen LogP contribution is 2.32. The maximum Gasteiger partial charge on any atom is 0.326 e. The Balaban J connectivity index is 0.00000288. The van der Waals surface area contributed by atoms with Crippen LogP contribution in [0.2, 0.25) is 0 Å². The van der Waals surface area contributed by atoms with Gasteiger partial charge >= 0.3 is 5.97 Å². The lowest BCUT2D eigenvalue weighted by molar-refractivity contribution is -0.146. The van der Waals surface area contributed by atoms with Crippen LogP contribution in [0.25, 0.3) is 6.08 Å². The van der Waals surface area contributed by atoms with Crippen LogP contribution in [0.4, 0.5) is 0 Å². The maximum absolute atomic E-state index is 12.4. The van der Waals surface area contributed by atoms with Gasteiger partial charge in [-0.15, -0.1) is 0 Å². The van der Waals surface area contributed by atoms with Crippen LogP contribution < -0.4 is 12.4 Å². The van der Waals surface area contributed by atoms with Gasteiger partial charge in [-0.25, -0.2) is 0 Å². The molecule has 1 saturated heterocycles. The van der Waals surface area contributed by atoms with Crippen LogP contribution in [-0.4, -0.2) is 59.8 Å². The lowest BCUT2D eigenvalue weighted by Gasteiger charge is -2.14. The van der Waals surface area contributed by atoms with Crippen molar-refractivity contribution < 1.29 is 26.7 Å². The zero-order valence-electron chi connectivity index (χ0n) is 13.4. The summed E-state index contributed by atoms with van der Waals surface area (Å²) in [6.45, 7) is 0.781. The number of thioether (sulfide) groups is 1. The van der Waals surface area contributed by atoms with Crippen LogP contribution in [-0.2, 0) is 14.3 Å². The fourth-order valence-electron chi connectivity index (χ4n) is 1.85. The molecular formula is C16H18ClN2O3S2-. The number of esters is 1. The fraction of sp³-hybridized carbons (Fsp3) is 0.312. The minimum absolute atomic E-state index is 0. The number of rotatable bonds is 6. The third-order valence-electron chi connectivity index (χ3n) is 3.06. The van der Waals surface area contributed by atoms with E-state index in [2.05, 4.69) is 0 Å². The van der Waals surface area contributed by atoms with E-state index in [4.69, 9.17) is 17.0 Å². The first-order valence-corrected chi connectivity index (χ1v) is 8.30. The summed E-state index contributed by atoms with van der Waals surface area (Å²) in [5, 5.41) is 0. The minimum atomic E-state index is -0.455. The number of hydrogen-bond acceptors (Lipinski definition) is 6. The van der Waals surface area contributed by atoms with Crippen molar-refractivity contribution in [1.29, 1.82) is 0 Å². The molecule has 0 bridgehead atoms. The molecule has 5 nitrogen and oxygen atoms in total. The lowest BCUT2D eigenvalue weighted by atomic mass is 10.2. The first-order valence-electron chi connectivity index (χ1n) is 7.08. The van der Waals surface area contributed by atoms with Gasteiger partial charge in [0.25, 0.3) is 5.91 Å². The highest BCUT2D eigenvalue weighted by molar-refractivity contribution is 8.26. The number of carbonyl (C=O) groups is 2. The van der Waals surface area contributed by atoms with E-state index in [1.807, 2.05) is 49.3 Å². The average molecular weight is 386 g/mol. The van der Waals surface area contributed by atoms with Crippen LogP contribution in [0, 0.1) is 0 Å². The van der Waals surface area contributed by atoms with E-state index in [0.717, 1.165) is 5.56 Å². The normalized spacial score (nSPS) is 15.8. The van der Waals surface area contributed by atoms with Crippen molar-refractivity contribution in [2.24, 2.45) is 0 Å². The molecule has 0 saturated carbocycles. The van der Waals surface area contributed by atoms with E-state index in [9.17, 15) is 9.59 Å². The van der Waals surface area contributed by atoms with Gasteiger partial charge in [-0.1, -0.05) is 54.3 Å². The quantitative estimate of drug-likeness (QED) is 0.355. The number of likely N-dealkylation sites (N-methyl/N-ethyl adjacent to an activating group) is 1. The van der Waals surface area contributed by atoms with E-state index in [0.29, 0.717) is 22.4 Å². The number of nitrogens with zero attached hydrogens (tertiary/aromatic N) is 2. The van der Waals surface area contributed by atoms with Gasteiger partial charge in [-0.2, -0.15) is 0 Å². The van der Waals surface area contributed by atoms with Gasteiger partial charge in [0.05, 0.1) is 4.91 Å². The molecule has 0 aromatic heterocycles. The summed E-state index contributed by atoms with van der Waals surface area (Å²) in [6, 6.07) is 9.51. The van der Waals surface area contributed by atoms with Crippen molar-refractivity contribution >= 4 is 46.3 Å². The van der Waals surface area contributed by atoms with E-state index >= 15 is 0 Å². The molecule has 130 valence electrons. The third kappa shape index (κ3) is 5.90. The molecule has 1 aromatic carbocycles. The van der Waals surface area contributed by atoms with Crippen molar-refractivity contribution in [3.05, 3.63) is 40.8 Å². The monoisotopic (exact) mass is 385 g/mol. The third-order valence-corrected chi connectivity index (χ3v) is 4.44. The van der Waals surface area contributed by atoms with E-state index in [1.54, 1.807) is 6.08 Å². The second-order valence-corrected chi connectivity index (χ2v) is 6.88. The fourth-order valence-corrected chi connectivity index (χ4v) is 3.11. The van der Waals surface area contributed by atoms with Crippen molar-refractivity contribution in [3.8, 4) is 0 Å². The zero-order valence-corrected chi connectivity index (χ0v) is 15.8. The molecule has 1 heterocycles. The summed E-state index contributed by atoms with van der Waals surface area (Å²) < 4.78 is 5.48. The van der Waals surface area contributed by atoms with Crippen molar-refractivity contribution in [2.75, 3.05) is 33.8 Å². The Labute approximate surface area is 157 Å². The van der Waals surface area contributed by atoms with Crippen LogP contribution in [0.5, 0.6) is 0 Å². The van der Waals surface area contributed by atoms with Gasteiger partial charge in [-0.05, 0) is 25.7 Å². The summed E-state index contributed by atoms with van der Waals surface area (Å²) in [5.41, 5.74) is 0.918. The van der Waals surface area contributed by atoms with Crippen LogP contribution in [0.1, 0.15) is 5.56 Å². The maximum atomic E-state index is 12.4. The highest BCUT2D eigenvalue weighted by Gasteiger charge is 2.33. The Kier molecular flexibility index (Phi) is 8.41. The Morgan fingerprint density at radius 2 is 2.00 bits per heavy atom. The molecule has 0 aliphatic carbocycles. The summed E-state index contributed by atoms with van der Waals surface area (Å²) in [7, 11) is 3.79. The SMILES string of the molecule is CN(C)CCOC(=O)CN1C(=O)/C(=C/c2ccccc2)SC1=S.[Cl-]. The molecular weight excluding hydrogens is 368 g/mol. The zero-order chi connectivity index (χ0) is 16.8. The summed E-state index contributed by atoms with van der Waals surface area (Å²) in [6.07, 6.45) is 1.77. The summed E-state index contributed by atoms with van der Waals surface area (Å²) in [5.74, 6) is -0.711. The minimum Gasteiger partial charge on any atom is -1.00 e. The van der Waals surface area contributed by atoms with Crippen molar-refractivity contribution in [3.63, 3.8) is 0 Å². The first kappa shape index (κ1) is 20.6. The average Bonchev–Trinajstić information content (AvgIpc) is 2.75. The van der Waals surface area contributed by atoms with E-state index < -0.39 is 5.97 Å². The second kappa shape index (κ2) is 9.78. The first-order chi connectivity index (χ1) is 11.0. The number of hydrogen-bond donors (Lipinski definition) is 0. The van der Waals surface area contributed by atoms with Crippen LogP contribution >= 0.6 is 24.0 Å². The molecule has 1 aliphatic heterocycles. The lowest BCUT2D eigenvalue weighted by Crippen LogP contribution is -3.00. The van der Waals surface area contributed by atoms with Crippen molar-refractivity contribution in [1.82, 2.24) is 9.80 Å². The number of amides is 1. The number of halogens is 1. The largest absolute Gasteiger partial charge is 1.00 e. The molecule has 0 unspecified atom stereocenters. The molecule has 8 heteroatoms. The number of carbonyl (C=O) groups excluding carboxylic acids is 2. The van der Waals surface area contributed by atoms with Gasteiger partial charge in [-0.3, -0.25) is 14.5 Å². The standard InChI is InChI=1S/C16H18N2O3S2.ClH/c1-17(2)8-9-21-14(19)11-18-15(20)13(23-16(18)22)10-12-6-4-3-5-7-12;/h3-7,10H,8-9,11H2,1-2H3;1H/p-1/b13-10-;. The summed E-state index contributed by atoms with van der Waals surface area (Å²) in [4.78, 5) is 27.9. The molecule has 0 atom stereocenters. The molecule has 0 N–H and O–H groups in total. The molecule has 1 amide bonds. The van der Waals surface area contributed by atoms with Crippen molar-refractivity contribution in [2.45, 2.75) is 0 Å². The van der Waals surface area contributed by atoms with Gasteiger partial charge in [0.1, 0.15) is 17.5 Å². The smallest absolute Gasteiger partial charge is 0.326 e. The highest BCUT2D eigenvalue weighted by atomic mass is 35.5. The van der Waals surface area contributed by atoms with E-state index in [-0.39, 0.29) is 24.9 Å². The Hall–Kier alpha value is -1.41. The Bertz CT molecular complexity index is 635. The molecule has 24 heavy (non-hydrogen) atoms. The molecule has 0 spiro atoms. The Morgan fingerprint density at radius 1 is 1.33 bits per heavy atom. The number of benzene rings is 1. The predicted octanol–water partition coefficient (Wildman–Crippen LogP) is -1.00. The van der Waals surface area contributed by atoms with Gasteiger partial charge in [0, 0.05) is 6.54 Å². The molecule has 1 aromatic rings. The van der Waals surface area contributed by atoms with Gasteiger partial charge in [0.15, 0.2) is 0 Å². The molecule has 1 fully saturated rings.